The maximum absolute atomic E-state index is 3.54. The van der Waals surface area contributed by atoms with E-state index < -0.39 is 0 Å². The van der Waals surface area contributed by atoms with E-state index in [-0.39, 0.29) is 0 Å². The molecule has 2 aromatic rings. The van der Waals surface area contributed by atoms with Crippen LogP contribution in [-0.2, 0) is 6.42 Å². The molecule has 1 heterocycles. The third-order valence-electron chi connectivity index (χ3n) is 4.18. The molecule has 0 saturated carbocycles. The van der Waals surface area contributed by atoms with Gasteiger partial charge < -0.3 is 5.32 Å². The fourth-order valence-electron chi connectivity index (χ4n) is 3.03. The van der Waals surface area contributed by atoms with Crippen molar-refractivity contribution in [2.24, 2.45) is 0 Å². The largest absolute Gasteiger partial charge is 0.316 e. The molecule has 104 valence electrons. The Labute approximate surface area is 125 Å². The summed E-state index contributed by atoms with van der Waals surface area (Å²) in [6, 6.07) is 20.2. The van der Waals surface area contributed by atoms with E-state index in [4.69, 9.17) is 0 Å². The predicted octanol–water partition coefficient (Wildman–Crippen LogP) is 4.10. The highest BCUT2D eigenvalue weighted by Gasteiger charge is 2.28. The van der Waals surface area contributed by atoms with Crippen molar-refractivity contribution in [3.05, 3.63) is 65.7 Å². The lowest BCUT2D eigenvalue weighted by Gasteiger charge is -2.23. The van der Waals surface area contributed by atoms with Crippen molar-refractivity contribution in [1.82, 2.24) is 5.32 Å². The highest BCUT2D eigenvalue weighted by molar-refractivity contribution is 7.99. The van der Waals surface area contributed by atoms with E-state index in [0.29, 0.717) is 12.0 Å². The van der Waals surface area contributed by atoms with E-state index in [2.05, 4.69) is 67.0 Å². The quantitative estimate of drug-likeness (QED) is 0.886. The van der Waals surface area contributed by atoms with Crippen molar-refractivity contribution in [1.29, 1.82) is 0 Å². The van der Waals surface area contributed by atoms with Gasteiger partial charge in [-0.15, -0.1) is 11.8 Å². The van der Waals surface area contributed by atoms with Crippen LogP contribution in [0.25, 0.3) is 0 Å². The number of rotatable bonds is 5. The molecule has 0 amide bonds. The van der Waals surface area contributed by atoms with Crippen molar-refractivity contribution < 1.29 is 0 Å². The standard InChI is InChI=1S/C18H21NS/c1-19-17(12-11-14-7-3-2-4-8-14)16-13-20-18-10-6-5-9-15(16)18/h2-10,16-17,19H,11-13H2,1H3. The fourth-order valence-corrected chi connectivity index (χ4v) is 4.37. The molecule has 0 bridgehead atoms. The summed E-state index contributed by atoms with van der Waals surface area (Å²) in [5.74, 6) is 1.85. The number of aryl methyl sites for hydroxylation is 1. The van der Waals surface area contributed by atoms with Gasteiger partial charge in [-0.25, -0.2) is 0 Å². The van der Waals surface area contributed by atoms with Crippen LogP contribution in [0.15, 0.2) is 59.5 Å². The highest BCUT2D eigenvalue weighted by Crippen LogP contribution is 2.41. The first-order valence-corrected chi connectivity index (χ1v) is 8.30. The maximum atomic E-state index is 3.54. The Hall–Kier alpha value is -1.25. The van der Waals surface area contributed by atoms with Gasteiger partial charge in [0.05, 0.1) is 0 Å². The summed E-state index contributed by atoms with van der Waals surface area (Å²) in [4.78, 5) is 1.47. The van der Waals surface area contributed by atoms with Gasteiger partial charge in [-0.3, -0.25) is 0 Å². The van der Waals surface area contributed by atoms with Crippen LogP contribution in [0.2, 0.25) is 0 Å². The van der Waals surface area contributed by atoms with E-state index in [0.717, 1.165) is 6.42 Å². The van der Waals surface area contributed by atoms with Crippen LogP contribution in [0.4, 0.5) is 0 Å². The monoisotopic (exact) mass is 283 g/mol. The van der Waals surface area contributed by atoms with Crippen molar-refractivity contribution in [3.8, 4) is 0 Å². The Bertz CT molecular complexity index is 552. The van der Waals surface area contributed by atoms with Crippen LogP contribution in [0.3, 0.4) is 0 Å². The van der Waals surface area contributed by atoms with Crippen LogP contribution in [-0.4, -0.2) is 18.8 Å². The van der Waals surface area contributed by atoms with Crippen molar-refractivity contribution in [2.75, 3.05) is 12.8 Å². The Morgan fingerprint density at radius 2 is 1.85 bits per heavy atom. The van der Waals surface area contributed by atoms with Crippen LogP contribution < -0.4 is 5.32 Å². The number of hydrogen-bond donors (Lipinski definition) is 1. The Morgan fingerprint density at radius 3 is 2.65 bits per heavy atom. The topological polar surface area (TPSA) is 12.0 Å². The summed E-state index contributed by atoms with van der Waals surface area (Å²) in [7, 11) is 2.10. The van der Waals surface area contributed by atoms with Crippen LogP contribution >= 0.6 is 11.8 Å². The van der Waals surface area contributed by atoms with E-state index in [9.17, 15) is 0 Å². The average molecular weight is 283 g/mol. The van der Waals surface area contributed by atoms with E-state index in [1.165, 1.54) is 28.2 Å². The molecule has 2 unspecified atom stereocenters. The van der Waals surface area contributed by atoms with Gasteiger partial charge in [0.25, 0.3) is 0 Å². The Balaban J connectivity index is 1.69. The van der Waals surface area contributed by atoms with Crippen LogP contribution in [0, 0.1) is 0 Å². The van der Waals surface area contributed by atoms with Gasteiger partial charge in [0.2, 0.25) is 0 Å². The summed E-state index contributed by atoms with van der Waals surface area (Å²) < 4.78 is 0. The molecule has 1 N–H and O–H groups in total. The van der Waals surface area contributed by atoms with Crippen molar-refractivity contribution >= 4 is 11.8 Å². The summed E-state index contributed by atoms with van der Waals surface area (Å²) in [6.07, 6.45) is 2.34. The van der Waals surface area contributed by atoms with Gasteiger partial charge in [0.15, 0.2) is 0 Å². The van der Waals surface area contributed by atoms with E-state index in [1.54, 1.807) is 0 Å². The number of thioether (sulfide) groups is 1. The molecular formula is C18H21NS. The molecule has 0 fully saturated rings. The summed E-state index contributed by atoms with van der Waals surface area (Å²) >= 11 is 2.00. The molecule has 3 rings (SSSR count). The molecule has 0 aliphatic carbocycles. The number of nitrogens with one attached hydrogen (secondary N) is 1. The fraction of sp³-hybridized carbons (Fsp3) is 0.333. The lowest BCUT2D eigenvalue weighted by atomic mass is 9.89. The first kappa shape index (κ1) is 13.7. The second-order valence-corrected chi connectivity index (χ2v) is 6.44. The zero-order chi connectivity index (χ0) is 13.8. The number of fused-ring (bicyclic) bond motifs is 1. The summed E-state index contributed by atoms with van der Waals surface area (Å²) in [5, 5.41) is 3.54. The van der Waals surface area contributed by atoms with E-state index >= 15 is 0 Å². The third kappa shape index (κ3) is 2.92. The third-order valence-corrected chi connectivity index (χ3v) is 5.39. The minimum Gasteiger partial charge on any atom is -0.316 e. The molecule has 2 atom stereocenters. The van der Waals surface area contributed by atoms with Gasteiger partial charge in [-0.05, 0) is 37.1 Å². The van der Waals surface area contributed by atoms with Gasteiger partial charge in [0.1, 0.15) is 0 Å². The van der Waals surface area contributed by atoms with Gasteiger partial charge in [-0.1, -0.05) is 48.5 Å². The molecule has 0 spiro atoms. The van der Waals surface area contributed by atoms with E-state index in [1.807, 2.05) is 11.8 Å². The maximum Gasteiger partial charge on any atom is 0.0144 e. The lowest BCUT2D eigenvalue weighted by molar-refractivity contribution is 0.461. The zero-order valence-electron chi connectivity index (χ0n) is 11.9. The second-order valence-electron chi connectivity index (χ2n) is 5.37. The Kier molecular flexibility index (Phi) is 4.44. The first-order valence-electron chi connectivity index (χ1n) is 7.31. The second kappa shape index (κ2) is 6.47. The molecule has 0 aromatic heterocycles. The van der Waals surface area contributed by atoms with Crippen molar-refractivity contribution in [2.45, 2.75) is 29.7 Å². The molecule has 1 nitrogen and oxygen atoms in total. The molecule has 0 radical (unpaired) electrons. The molecule has 1 aliphatic heterocycles. The molecule has 1 aliphatic rings. The molecular weight excluding hydrogens is 262 g/mol. The molecule has 2 aromatic carbocycles. The number of hydrogen-bond acceptors (Lipinski definition) is 2. The van der Waals surface area contributed by atoms with Gasteiger partial charge >= 0.3 is 0 Å². The molecule has 2 heteroatoms. The predicted molar refractivity (Wildman–Crippen MR) is 87.5 cm³/mol. The number of likely N-dealkylation sites (N-methyl/N-ethyl adjacent to an activating group) is 1. The van der Waals surface area contributed by atoms with Crippen LogP contribution in [0.1, 0.15) is 23.5 Å². The normalized spacial score (nSPS) is 18.8. The summed E-state index contributed by atoms with van der Waals surface area (Å²) in [5.41, 5.74) is 2.97. The highest BCUT2D eigenvalue weighted by atomic mass is 32.2. The van der Waals surface area contributed by atoms with Crippen molar-refractivity contribution in [3.63, 3.8) is 0 Å². The minimum atomic E-state index is 0.561. The SMILES string of the molecule is CNC(CCc1ccccc1)C1CSc2ccccc21. The first-order chi connectivity index (χ1) is 9.88. The van der Waals surface area contributed by atoms with Gasteiger partial charge in [-0.2, -0.15) is 0 Å². The number of benzene rings is 2. The minimum absolute atomic E-state index is 0.561. The average Bonchev–Trinajstić information content (AvgIpc) is 2.93. The summed E-state index contributed by atoms with van der Waals surface area (Å²) in [6.45, 7) is 0. The molecule has 0 saturated heterocycles. The molecule has 20 heavy (non-hydrogen) atoms. The smallest absolute Gasteiger partial charge is 0.0144 e. The zero-order valence-corrected chi connectivity index (χ0v) is 12.7. The van der Waals surface area contributed by atoms with Crippen LogP contribution in [0.5, 0.6) is 0 Å². The van der Waals surface area contributed by atoms with Gasteiger partial charge in [0, 0.05) is 22.6 Å². The lowest BCUT2D eigenvalue weighted by Crippen LogP contribution is -2.32. The Morgan fingerprint density at radius 1 is 1.10 bits per heavy atom.